The average molecular weight is 184 g/mol. The fourth-order valence-corrected chi connectivity index (χ4v) is 1.50. The fraction of sp³-hybridized carbons (Fsp3) is 0.400. The lowest BCUT2D eigenvalue weighted by atomic mass is 10.1. The Labute approximate surface area is 79.4 Å². The van der Waals surface area contributed by atoms with E-state index in [2.05, 4.69) is 31.2 Å². The Kier molecular flexibility index (Phi) is 2.76. The van der Waals surface area contributed by atoms with Crippen LogP contribution in [-0.4, -0.2) is 6.04 Å². The Bertz CT molecular complexity index is 272. The van der Waals surface area contributed by atoms with E-state index in [1.54, 1.807) is 0 Å². The summed E-state index contributed by atoms with van der Waals surface area (Å²) in [5.41, 5.74) is 8.50. The van der Waals surface area contributed by atoms with E-state index < -0.39 is 0 Å². The molecule has 1 aliphatic carbocycles. The Hall–Kier alpha value is -0.530. The molecule has 0 heterocycles. The van der Waals surface area contributed by atoms with Gasteiger partial charge in [0.15, 0.2) is 0 Å². The van der Waals surface area contributed by atoms with Gasteiger partial charge in [-0.1, -0.05) is 29.8 Å². The van der Waals surface area contributed by atoms with Crippen molar-refractivity contribution >= 4 is 12.4 Å². The first-order valence-electron chi connectivity index (χ1n) is 4.09. The highest BCUT2D eigenvalue weighted by molar-refractivity contribution is 5.85. The molecule has 0 saturated heterocycles. The summed E-state index contributed by atoms with van der Waals surface area (Å²) in [6.45, 7) is 2.12. The van der Waals surface area contributed by atoms with Gasteiger partial charge in [-0.05, 0) is 18.9 Å². The normalized spacial score (nSPS) is 26.2. The number of aryl methyl sites for hydroxylation is 1. The van der Waals surface area contributed by atoms with Crippen LogP contribution in [0.3, 0.4) is 0 Å². The van der Waals surface area contributed by atoms with Gasteiger partial charge in [0.2, 0.25) is 0 Å². The molecule has 1 nitrogen and oxygen atoms in total. The lowest BCUT2D eigenvalue weighted by molar-refractivity contribution is 0.988. The topological polar surface area (TPSA) is 26.0 Å². The predicted molar refractivity (Wildman–Crippen MR) is 53.8 cm³/mol. The Morgan fingerprint density at radius 3 is 2.58 bits per heavy atom. The fourth-order valence-electron chi connectivity index (χ4n) is 1.50. The lowest BCUT2D eigenvalue weighted by Crippen LogP contribution is -2.00. The number of hydrogen-bond acceptors (Lipinski definition) is 1. The molecule has 12 heavy (non-hydrogen) atoms. The van der Waals surface area contributed by atoms with E-state index in [-0.39, 0.29) is 12.4 Å². The van der Waals surface area contributed by atoms with Crippen LogP contribution in [-0.2, 0) is 0 Å². The molecule has 1 aromatic rings. The molecule has 1 saturated carbocycles. The van der Waals surface area contributed by atoms with E-state index >= 15 is 0 Å². The van der Waals surface area contributed by atoms with Gasteiger partial charge < -0.3 is 5.73 Å². The van der Waals surface area contributed by atoms with Crippen LogP contribution in [0.1, 0.15) is 23.5 Å². The van der Waals surface area contributed by atoms with E-state index in [1.807, 2.05) is 0 Å². The third kappa shape index (κ3) is 1.79. The Morgan fingerprint density at radius 2 is 2.08 bits per heavy atom. The molecular weight excluding hydrogens is 170 g/mol. The molecule has 2 atom stereocenters. The second kappa shape index (κ2) is 3.46. The maximum atomic E-state index is 5.75. The predicted octanol–water partition coefficient (Wildman–Crippen LogP) is 2.23. The smallest absolute Gasteiger partial charge is 0.0115 e. The van der Waals surface area contributed by atoms with E-state index in [9.17, 15) is 0 Å². The third-order valence-electron chi connectivity index (χ3n) is 2.31. The van der Waals surface area contributed by atoms with E-state index in [1.165, 1.54) is 17.5 Å². The van der Waals surface area contributed by atoms with Crippen molar-refractivity contribution in [1.29, 1.82) is 0 Å². The minimum absolute atomic E-state index is 0. The summed E-state index contributed by atoms with van der Waals surface area (Å²) in [5, 5.41) is 0. The Balaban J connectivity index is 0.000000720. The monoisotopic (exact) mass is 183 g/mol. The minimum atomic E-state index is 0. The molecule has 0 radical (unpaired) electrons. The van der Waals surface area contributed by atoms with Crippen LogP contribution in [0.2, 0.25) is 0 Å². The maximum Gasteiger partial charge on any atom is 0.0115 e. The zero-order valence-electron chi connectivity index (χ0n) is 7.16. The van der Waals surface area contributed by atoms with Crippen molar-refractivity contribution in [1.82, 2.24) is 0 Å². The first-order valence-corrected chi connectivity index (χ1v) is 4.09. The molecule has 0 spiro atoms. The van der Waals surface area contributed by atoms with Crippen molar-refractivity contribution in [2.75, 3.05) is 0 Å². The molecule has 66 valence electrons. The van der Waals surface area contributed by atoms with Gasteiger partial charge in [0.1, 0.15) is 0 Å². The number of halogens is 1. The molecule has 0 unspecified atom stereocenters. The lowest BCUT2D eigenvalue weighted by Gasteiger charge is -1.98. The largest absolute Gasteiger partial charge is 0.327 e. The number of hydrogen-bond donors (Lipinski definition) is 1. The molecule has 2 heteroatoms. The van der Waals surface area contributed by atoms with Crippen molar-refractivity contribution in [3.05, 3.63) is 35.4 Å². The van der Waals surface area contributed by atoms with Crippen LogP contribution in [0.5, 0.6) is 0 Å². The summed E-state index contributed by atoms with van der Waals surface area (Å²) in [6.07, 6.45) is 1.17. The van der Waals surface area contributed by atoms with Gasteiger partial charge in [-0.25, -0.2) is 0 Å². The summed E-state index contributed by atoms with van der Waals surface area (Å²) in [5.74, 6) is 0.648. The van der Waals surface area contributed by atoms with Gasteiger partial charge in [-0.3, -0.25) is 0 Å². The summed E-state index contributed by atoms with van der Waals surface area (Å²) in [4.78, 5) is 0. The van der Waals surface area contributed by atoms with Crippen LogP contribution in [0.4, 0.5) is 0 Å². The summed E-state index contributed by atoms with van der Waals surface area (Å²) < 4.78 is 0. The van der Waals surface area contributed by atoms with E-state index in [0.29, 0.717) is 12.0 Å². The van der Waals surface area contributed by atoms with Gasteiger partial charge in [-0.15, -0.1) is 12.4 Å². The number of rotatable bonds is 1. The molecule has 0 bridgehead atoms. The second-order valence-electron chi connectivity index (χ2n) is 3.42. The molecule has 0 amide bonds. The van der Waals surface area contributed by atoms with Crippen molar-refractivity contribution in [3.63, 3.8) is 0 Å². The summed E-state index contributed by atoms with van der Waals surface area (Å²) in [7, 11) is 0. The highest BCUT2D eigenvalue weighted by atomic mass is 35.5. The van der Waals surface area contributed by atoms with Gasteiger partial charge in [0.05, 0.1) is 0 Å². The Morgan fingerprint density at radius 1 is 1.42 bits per heavy atom. The van der Waals surface area contributed by atoms with Crippen molar-refractivity contribution < 1.29 is 0 Å². The maximum absolute atomic E-state index is 5.75. The number of benzene rings is 1. The van der Waals surface area contributed by atoms with Crippen LogP contribution in [0, 0.1) is 6.92 Å². The highest BCUT2D eigenvalue weighted by Gasteiger charge is 2.34. The molecular formula is C10H14ClN. The van der Waals surface area contributed by atoms with Gasteiger partial charge in [0, 0.05) is 12.0 Å². The van der Waals surface area contributed by atoms with Crippen LogP contribution in [0.25, 0.3) is 0 Å². The zero-order chi connectivity index (χ0) is 7.84. The second-order valence-corrected chi connectivity index (χ2v) is 3.42. The van der Waals surface area contributed by atoms with E-state index in [0.717, 1.165) is 0 Å². The van der Waals surface area contributed by atoms with Crippen molar-refractivity contribution in [3.8, 4) is 0 Å². The third-order valence-corrected chi connectivity index (χ3v) is 2.31. The summed E-state index contributed by atoms with van der Waals surface area (Å²) in [6, 6.07) is 9.06. The first kappa shape index (κ1) is 9.56. The average Bonchev–Trinajstić information content (AvgIpc) is 2.67. The molecule has 0 aromatic heterocycles. The molecule has 1 aliphatic rings. The summed E-state index contributed by atoms with van der Waals surface area (Å²) >= 11 is 0. The van der Waals surface area contributed by atoms with Crippen molar-refractivity contribution in [2.24, 2.45) is 5.73 Å². The number of nitrogens with two attached hydrogens (primary N) is 1. The van der Waals surface area contributed by atoms with Crippen LogP contribution < -0.4 is 5.73 Å². The van der Waals surface area contributed by atoms with E-state index in [4.69, 9.17) is 5.73 Å². The van der Waals surface area contributed by atoms with Gasteiger partial charge >= 0.3 is 0 Å². The van der Waals surface area contributed by atoms with Crippen LogP contribution in [0.15, 0.2) is 24.3 Å². The molecule has 2 N–H and O–H groups in total. The quantitative estimate of drug-likeness (QED) is 0.710. The van der Waals surface area contributed by atoms with Crippen molar-refractivity contribution in [2.45, 2.75) is 25.3 Å². The SMILES string of the molecule is Cc1cccc([C@@H]2C[C@H]2N)c1.Cl. The minimum Gasteiger partial charge on any atom is -0.327 e. The van der Waals surface area contributed by atoms with Crippen LogP contribution >= 0.6 is 12.4 Å². The molecule has 1 fully saturated rings. The highest BCUT2D eigenvalue weighted by Crippen LogP contribution is 2.38. The zero-order valence-corrected chi connectivity index (χ0v) is 7.97. The molecule has 0 aliphatic heterocycles. The first-order chi connectivity index (χ1) is 5.27. The van der Waals surface area contributed by atoms with Gasteiger partial charge in [0.25, 0.3) is 0 Å². The molecule has 2 rings (SSSR count). The van der Waals surface area contributed by atoms with Gasteiger partial charge in [-0.2, -0.15) is 0 Å². The molecule has 1 aromatic carbocycles. The standard InChI is InChI=1S/C10H13N.ClH/c1-7-3-2-4-8(5-7)9-6-10(9)11;/h2-5,9-10H,6,11H2,1H3;1H/t9-,10+;/m0./s1.